The van der Waals surface area contributed by atoms with Gasteiger partial charge in [0.2, 0.25) is 5.82 Å². The van der Waals surface area contributed by atoms with Gasteiger partial charge in [0.1, 0.15) is 5.82 Å². The van der Waals surface area contributed by atoms with Crippen molar-refractivity contribution in [1.82, 2.24) is 20.2 Å². The lowest BCUT2D eigenvalue weighted by Gasteiger charge is -2.08. The molecule has 1 aromatic heterocycles. The molecule has 0 aliphatic carbocycles. The van der Waals surface area contributed by atoms with Crippen LogP contribution in [-0.4, -0.2) is 30.5 Å². The van der Waals surface area contributed by atoms with E-state index in [4.69, 9.17) is 4.52 Å². The van der Waals surface area contributed by atoms with Gasteiger partial charge in [-0.05, 0) is 43.3 Å². The molecule has 2 N–H and O–H groups in total. The highest BCUT2D eigenvalue weighted by molar-refractivity contribution is 7.90. The smallest absolute Gasteiger partial charge is 0.334 e. The maximum absolute atomic E-state index is 14.0. The van der Waals surface area contributed by atoms with E-state index in [1.165, 1.54) is 48.5 Å². The summed E-state index contributed by atoms with van der Waals surface area (Å²) in [5, 5.41) is 5.78. The number of carbonyl (C=O) groups excluding carboxylic acids is 2. The summed E-state index contributed by atoms with van der Waals surface area (Å²) in [7, 11) is -4.16. The van der Waals surface area contributed by atoms with Crippen LogP contribution in [0.15, 0.2) is 82.2 Å². The molecule has 0 bridgehead atoms. The van der Waals surface area contributed by atoms with Crippen LogP contribution < -0.4 is 10.0 Å². The van der Waals surface area contributed by atoms with Crippen LogP contribution in [0.2, 0.25) is 0 Å². The number of sulfonamides is 1. The van der Waals surface area contributed by atoms with E-state index < -0.39 is 27.8 Å². The van der Waals surface area contributed by atoms with E-state index in [2.05, 4.69) is 10.1 Å². The number of nitrogens with one attached hydrogen (secondary N) is 2. The molecule has 0 radical (unpaired) electrons. The molecule has 0 atom stereocenters. The first-order chi connectivity index (χ1) is 16.2. The minimum absolute atomic E-state index is 0.0383. The van der Waals surface area contributed by atoms with Crippen LogP contribution in [0.4, 0.5) is 9.18 Å². The van der Waals surface area contributed by atoms with Crippen molar-refractivity contribution < 1.29 is 26.9 Å². The summed E-state index contributed by atoms with van der Waals surface area (Å²) in [6, 6.07) is 16.4. The summed E-state index contributed by atoms with van der Waals surface area (Å²) in [5.74, 6) is -1.32. The molecule has 9 nitrogen and oxygen atoms in total. The Morgan fingerprint density at radius 2 is 1.71 bits per heavy atom. The minimum atomic E-state index is -4.16. The van der Waals surface area contributed by atoms with Crippen molar-refractivity contribution in [2.45, 2.75) is 11.8 Å². The lowest BCUT2D eigenvalue weighted by Crippen LogP contribution is -2.42. The summed E-state index contributed by atoms with van der Waals surface area (Å²) >= 11 is 0. The molecule has 0 saturated carbocycles. The Bertz CT molecular complexity index is 1480. The number of amides is 3. The van der Waals surface area contributed by atoms with Crippen molar-refractivity contribution in [2.24, 2.45) is 0 Å². The number of aromatic nitrogens is 2. The monoisotopic (exact) mass is 480 g/mol. The Morgan fingerprint density at radius 1 is 0.971 bits per heavy atom. The molecule has 4 aromatic rings. The van der Waals surface area contributed by atoms with Crippen LogP contribution in [0.5, 0.6) is 0 Å². The largest absolute Gasteiger partial charge is 0.335 e. The van der Waals surface area contributed by atoms with Gasteiger partial charge in [-0.2, -0.15) is 4.98 Å². The second-order valence-corrected chi connectivity index (χ2v) is 8.87. The van der Waals surface area contributed by atoms with Crippen molar-refractivity contribution in [3.63, 3.8) is 0 Å². The maximum atomic E-state index is 14.0. The number of benzene rings is 3. The average Bonchev–Trinajstić information content (AvgIpc) is 3.29. The van der Waals surface area contributed by atoms with E-state index in [1.54, 1.807) is 35.9 Å². The molecule has 0 fully saturated rings. The summed E-state index contributed by atoms with van der Waals surface area (Å²) in [6.07, 6.45) is 0. The number of imide groups is 1. The molecule has 1 heterocycles. The predicted octanol–water partition coefficient (Wildman–Crippen LogP) is 3.68. The zero-order valence-corrected chi connectivity index (χ0v) is 18.5. The van der Waals surface area contributed by atoms with Crippen LogP contribution >= 0.6 is 0 Å². The number of carbonyl (C=O) groups is 2. The van der Waals surface area contributed by atoms with Gasteiger partial charge in [-0.15, -0.1) is 0 Å². The Labute approximate surface area is 193 Å². The minimum Gasteiger partial charge on any atom is -0.334 e. The second-order valence-electron chi connectivity index (χ2n) is 7.19. The molecular formula is C23H17FN4O5S. The van der Waals surface area contributed by atoms with Gasteiger partial charge in [-0.25, -0.2) is 22.3 Å². The lowest BCUT2D eigenvalue weighted by atomic mass is 10.1. The number of aryl methyl sites for hydroxylation is 1. The zero-order valence-electron chi connectivity index (χ0n) is 17.7. The Morgan fingerprint density at radius 3 is 2.44 bits per heavy atom. The van der Waals surface area contributed by atoms with Gasteiger partial charge in [0.25, 0.3) is 21.8 Å². The topological polar surface area (TPSA) is 131 Å². The lowest BCUT2D eigenvalue weighted by molar-refractivity contribution is 0.0965. The van der Waals surface area contributed by atoms with E-state index in [0.29, 0.717) is 5.56 Å². The SMILES string of the molecule is Cc1ccc(S(=O)(=O)NC(=O)NC(=O)c2cccc(-c3noc(-c4ccccc4F)n3)c2)cc1. The van der Waals surface area contributed by atoms with Crippen LogP contribution in [0.25, 0.3) is 22.8 Å². The molecule has 34 heavy (non-hydrogen) atoms. The quantitative estimate of drug-likeness (QED) is 0.445. The Kier molecular flexibility index (Phi) is 6.19. The first kappa shape index (κ1) is 22.8. The van der Waals surface area contributed by atoms with E-state index >= 15 is 0 Å². The average molecular weight is 480 g/mol. The Balaban J connectivity index is 1.48. The molecule has 0 saturated heterocycles. The third-order valence-corrected chi connectivity index (χ3v) is 6.05. The standard InChI is InChI=1S/C23H17FN4O5S/c1-14-9-11-17(12-10-14)34(31,32)28-23(30)26-21(29)16-6-4-5-15(13-16)20-25-22(33-27-20)18-7-2-3-8-19(18)24/h2-13H,1H3,(H2,26,28,29,30). The van der Waals surface area contributed by atoms with E-state index in [0.717, 1.165) is 5.56 Å². The van der Waals surface area contributed by atoms with Crippen molar-refractivity contribution in [3.05, 3.63) is 89.7 Å². The number of rotatable bonds is 5. The van der Waals surface area contributed by atoms with Gasteiger partial charge in [0, 0.05) is 11.1 Å². The summed E-state index contributed by atoms with van der Waals surface area (Å²) < 4.78 is 45.5. The van der Waals surface area contributed by atoms with Crippen molar-refractivity contribution >= 4 is 22.0 Å². The fourth-order valence-electron chi connectivity index (χ4n) is 2.98. The predicted molar refractivity (Wildman–Crippen MR) is 119 cm³/mol. The first-order valence-corrected chi connectivity index (χ1v) is 11.3. The van der Waals surface area contributed by atoms with E-state index in [9.17, 15) is 22.4 Å². The van der Waals surface area contributed by atoms with E-state index in [-0.39, 0.29) is 27.7 Å². The van der Waals surface area contributed by atoms with E-state index in [1.807, 2.05) is 5.32 Å². The van der Waals surface area contributed by atoms with Gasteiger partial charge in [0.15, 0.2) is 0 Å². The third-order valence-electron chi connectivity index (χ3n) is 4.70. The number of hydrogen-bond acceptors (Lipinski definition) is 7. The normalized spacial score (nSPS) is 11.1. The van der Waals surface area contributed by atoms with Gasteiger partial charge in [-0.3, -0.25) is 10.1 Å². The fraction of sp³-hybridized carbons (Fsp3) is 0.0435. The maximum Gasteiger partial charge on any atom is 0.335 e. The molecule has 0 unspecified atom stereocenters. The van der Waals surface area contributed by atoms with Crippen molar-refractivity contribution in [3.8, 4) is 22.8 Å². The first-order valence-electron chi connectivity index (χ1n) is 9.87. The summed E-state index contributed by atoms with van der Waals surface area (Å²) in [6.45, 7) is 1.79. The van der Waals surface area contributed by atoms with Crippen LogP contribution in [0, 0.1) is 12.7 Å². The second kappa shape index (κ2) is 9.24. The molecule has 3 aromatic carbocycles. The number of hydrogen-bond donors (Lipinski definition) is 2. The molecule has 4 rings (SSSR count). The highest BCUT2D eigenvalue weighted by Crippen LogP contribution is 2.24. The van der Waals surface area contributed by atoms with Gasteiger partial charge < -0.3 is 4.52 Å². The van der Waals surface area contributed by atoms with Crippen molar-refractivity contribution in [2.75, 3.05) is 0 Å². The van der Waals surface area contributed by atoms with Gasteiger partial charge in [-0.1, -0.05) is 47.1 Å². The molecule has 3 amide bonds. The highest BCUT2D eigenvalue weighted by atomic mass is 32.2. The van der Waals surface area contributed by atoms with Crippen LogP contribution in [-0.2, 0) is 10.0 Å². The molecule has 0 aliphatic rings. The van der Waals surface area contributed by atoms with Crippen LogP contribution in [0.1, 0.15) is 15.9 Å². The summed E-state index contributed by atoms with van der Waals surface area (Å²) in [5.41, 5.74) is 1.38. The molecular weight excluding hydrogens is 463 g/mol. The number of urea groups is 1. The fourth-order valence-corrected chi connectivity index (χ4v) is 3.89. The molecule has 0 spiro atoms. The zero-order chi connectivity index (χ0) is 24.3. The highest BCUT2D eigenvalue weighted by Gasteiger charge is 2.20. The Hall–Kier alpha value is -4.38. The van der Waals surface area contributed by atoms with Gasteiger partial charge >= 0.3 is 6.03 Å². The van der Waals surface area contributed by atoms with Crippen molar-refractivity contribution in [1.29, 1.82) is 0 Å². The number of halogens is 1. The molecule has 11 heteroatoms. The molecule has 172 valence electrons. The van der Waals surface area contributed by atoms with Gasteiger partial charge in [0.05, 0.1) is 10.5 Å². The third kappa shape index (κ3) is 4.99. The summed E-state index contributed by atoms with van der Waals surface area (Å²) in [4.78, 5) is 28.7. The number of nitrogens with zero attached hydrogens (tertiary/aromatic N) is 2. The molecule has 0 aliphatic heterocycles. The van der Waals surface area contributed by atoms with Crippen LogP contribution in [0.3, 0.4) is 0 Å².